The summed E-state index contributed by atoms with van der Waals surface area (Å²) in [5, 5.41) is 0. The lowest BCUT2D eigenvalue weighted by atomic mass is 10.1. The summed E-state index contributed by atoms with van der Waals surface area (Å²) in [6.45, 7) is 6.50. The molecule has 1 aromatic heterocycles. The van der Waals surface area contributed by atoms with E-state index in [-0.39, 0.29) is 5.91 Å². The molecule has 1 saturated heterocycles. The molecule has 4 rings (SSSR count). The number of amides is 1. The van der Waals surface area contributed by atoms with Crippen LogP contribution in [0.4, 0.5) is 0 Å². The highest BCUT2D eigenvalue weighted by Crippen LogP contribution is 2.16. The molecule has 6 nitrogen and oxygen atoms in total. The number of rotatable bonds is 5. The number of carbonyl (C=O) groups excluding carboxylic acids is 1. The van der Waals surface area contributed by atoms with Gasteiger partial charge >= 0.3 is 0 Å². The molecule has 140 valence electrons. The van der Waals surface area contributed by atoms with Crippen molar-refractivity contribution in [3.05, 3.63) is 59.9 Å². The fourth-order valence-corrected chi connectivity index (χ4v) is 3.44. The van der Waals surface area contributed by atoms with Crippen LogP contribution in [0, 0.1) is 0 Å². The van der Waals surface area contributed by atoms with Crippen molar-refractivity contribution >= 4 is 16.9 Å². The van der Waals surface area contributed by atoms with Crippen LogP contribution in [0.1, 0.15) is 23.1 Å². The fourth-order valence-electron chi connectivity index (χ4n) is 3.44. The van der Waals surface area contributed by atoms with E-state index in [1.165, 1.54) is 0 Å². The molecule has 0 saturated carbocycles. The van der Waals surface area contributed by atoms with Gasteiger partial charge in [0.1, 0.15) is 11.6 Å². The number of imidazole rings is 1. The van der Waals surface area contributed by atoms with Crippen molar-refractivity contribution in [3.63, 3.8) is 0 Å². The van der Waals surface area contributed by atoms with E-state index in [1.54, 1.807) is 0 Å². The molecule has 2 heterocycles. The predicted octanol–water partition coefficient (Wildman–Crippen LogP) is 2.92. The van der Waals surface area contributed by atoms with Gasteiger partial charge in [0.15, 0.2) is 0 Å². The summed E-state index contributed by atoms with van der Waals surface area (Å²) < 4.78 is 5.44. The number of nitrogens with zero attached hydrogens (tertiary/aromatic N) is 3. The summed E-state index contributed by atoms with van der Waals surface area (Å²) >= 11 is 0. The minimum atomic E-state index is 0.0847. The van der Waals surface area contributed by atoms with Gasteiger partial charge in [0.05, 0.1) is 24.2 Å². The predicted molar refractivity (Wildman–Crippen MR) is 105 cm³/mol. The fraction of sp³-hybridized carbons (Fsp3) is 0.333. The quantitative estimate of drug-likeness (QED) is 0.756. The third-order valence-corrected chi connectivity index (χ3v) is 4.88. The zero-order valence-corrected chi connectivity index (χ0v) is 15.5. The maximum Gasteiger partial charge on any atom is 0.253 e. The van der Waals surface area contributed by atoms with Gasteiger partial charge in [-0.3, -0.25) is 9.69 Å². The highest BCUT2D eigenvalue weighted by molar-refractivity contribution is 5.94. The molecule has 0 bridgehead atoms. The van der Waals surface area contributed by atoms with Crippen molar-refractivity contribution in [2.45, 2.75) is 13.5 Å². The Morgan fingerprint density at radius 1 is 1.07 bits per heavy atom. The van der Waals surface area contributed by atoms with E-state index in [1.807, 2.05) is 60.4 Å². The first-order chi connectivity index (χ1) is 13.2. The van der Waals surface area contributed by atoms with Crippen molar-refractivity contribution in [2.24, 2.45) is 0 Å². The molecule has 2 aromatic carbocycles. The third-order valence-electron chi connectivity index (χ3n) is 4.88. The lowest BCUT2D eigenvalue weighted by Gasteiger charge is -2.34. The lowest BCUT2D eigenvalue weighted by Crippen LogP contribution is -2.48. The van der Waals surface area contributed by atoms with Crippen molar-refractivity contribution in [3.8, 4) is 5.75 Å². The van der Waals surface area contributed by atoms with Crippen LogP contribution in [0.2, 0.25) is 0 Å². The van der Waals surface area contributed by atoms with Crippen molar-refractivity contribution in [1.82, 2.24) is 19.8 Å². The smallest absolute Gasteiger partial charge is 0.253 e. The van der Waals surface area contributed by atoms with Gasteiger partial charge in [-0.05, 0) is 43.3 Å². The molecule has 1 aliphatic heterocycles. The normalized spacial score (nSPS) is 15.2. The van der Waals surface area contributed by atoms with E-state index in [0.29, 0.717) is 12.2 Å². The lowest BCUT2D eigenvalue weighted by molar-refractivity contribution is 0.0626. The van der Waals surface area contributed by atoms with Gasteiger partial charge in [-0.2, -0.15) is 0 Å². The monoisotopic (exact) mass is 364 g/mol. The second-order valence-electron chi connectivity index (χ2n) is 6.73. The number of carbonyl (C=O) groups is 1. The van der Waals surface area contributed by atoms with Crippen molar-refractivity contribution in [2.75, 3.05) is 32.8 Å². The van der Waals surface area contributed by atoms with Crippen molar-refractivity contribution in [1.29, 1.82) is 0 Å². The zero-order chi connectivity index (χ0) is 18.6. The second-order valence-corrected chi connectivity index (χ2v) is 6.73. The Bertz CT molecular complexity index is 878. The van der Waals surface area contributed by atoms with E-state index in [9.17, 15) is 4.79 Å². The number of ether oxygens (including phenoxy) is 1. The SMILES string of the molecule is CCOc1ccc(C(=O)N2CCN(Cc3nc4ccccc4[nH]3)CC2)cc1. The molecule has 0 spiro atoms. The van der Waals surface area contributed by atoms with E-state index >= 15 is 0 Å². The highest BCUT2D eigenvalue weighted by Gasteiger charge is 2.22. The number of H-pyrrole nitrogens is 1. The van der Waals surface area contributed by atoms with Crippen LogP contribution in [0.5, 0.6) is 5.75 Å². The maximum absolute atomic E-state index is 12.7. The number of hydrogen-bond donors (Lipinski definition) is 1. The average Bonchev–Trinajstić information content (AvgIpc) is 3.11. The van der Waals surface area contributed by atoms with Crippen molar-refractivity contribution < 1.29 is 9.53 Å². The number of nitrogens with one attached hydrogen (secondary N) is 1. The molecule has 0 aliphatic carbocycles. The molecule has 1 fully saturated rings. The number of aromatic nitrogens is 2. The van der Waals surface area contributed by atoms with Gasteiger partial charge < -0.3 is 14.6 Å². The summed E-state index contributed by atoms with van der Waals surface area (Å²) in [5.74, 6) is 1.86. The Balaban J connectivity index is 1.33. The summed E-state index contributed by atoms with van der Waals surface area (Å²) in [6.07, 6.45) is 0. The summed E-state index contributed by atoms with van der Waals surface area (Å²) in [4.78, 5) is 25.0. The molecular weight excluding hydrogens is 340 g/mol. The van der Waals surface area contributed by atoms with Gasteiger partial charge in [-0.15, -0.1) is 0 Å². The third kappa shape index (κ3) is 3.95. The molecule has 1 aliphatic rings. The Kier molecular flexibility index (Phi) is 5.07. The number of piperazine rings is 1. The Labute approximate surface area is 158 Å². The van der Waals surface area contributed by atoms with Gasteiger partial charge in [0.25, 0.3) is 5.91 Å². The first-order valence-corrected chi connectivity index (χ1v) is 9.41. The molecule has 27 heavy (non-hydrogen) atoms. The first kappa shape index (κ1) is 17.5. The van der Waals surface area contributed by atoms with Crippen LogP contribution >= 0.6 is 0 Å². The molecule has 6 heteroatoms. The van der Waals surface area contributed by atoms with E-state index in [2.05, 4.69) is 14.9 Å². The highest BCUT2D eigenvalue weighted by atomic mass is 16.5. The Morgan fingerprint density at radius 3 is 2.52 bits per heavy atom. The van der Waals surface area contributed by atoms with Crippen LogP contribution in [0.15, 0.2) is 48.5 Å². The molecule has 3 aromatic rings. The molecular formula is C21H24N4O2. The summed E-state index contributed by atoms with van der Waals surface area (Å²) in [7, 11) is 0. The van der Waals surface area contributed by atoms with Crippen LogP contribution in [0.3, 0.4) is 0 Å². The summed E-state index contributed by atoms with van der Waals surface area (Å²) in [5.41, 5.74) is 2.78. The van der Waals surface area contributed by atoms with Crippen LogP contribution in [0.25, 0.3) is 11.0 Å². The molecule has 1 amide bonds. The largest absolute Gasteiger partial charge is 0.494 e. The number of para-hydroxylation sites is 2. The second kappa shape index (κ2) is 7.80. The van der Waals surface area contributed by atoms with E-state index < -0.39 is 0 Å². The molecule has 1 N–H and O–H groups in total. The van der Waals surface area contributed by atoms with Gasteiger partial charge in [-0.1, -0.05) is 12.1 Å². The van der Waals surface area contributed by atoms with Crippen LogP contribution < -0.4 is 4.74 Å². The summed E-state index contributed by atoms with van der Waals surface area (Å²) in [6, 6.07) is 15.5. The van der Waals surface area contributed by atoms with E-state index in [4.69, 9.17) is 4.74 Å². The molecule has 0 atom stereocenters. The Hall–Kier alpha value is -2.86. The van der Waals surface area contributed by atoms with E-state index in [0.717, 1.165) is 55.3 Å². The van der Waals surface area contributed by atoms with Gasteiger partial charge in [0.2, 0.25) is 0 Å². The average molecular weight is 364 g/mol. The first-order valence-electron chi connectivity index (χ1n) is 9.41. The minimum Gasteiger partial charge on any atom is -0.494 e. The van der Waals surface area contributed by atoms with Crippen LogP contribution in [-0.2, 0) is 6.54 Å². The van der Waals surface area contributed by atoms with Gasteiger partial charge in [0, 0.05) is 31.7 Å². The number of hydrogen-bond acceptors (Lipinski definition) is 4. The molecule has 0 unspecified atom stereocenters. The zero-order valence-electron chi connectivity index (χ0n) is 15.5. The van der Waals surface area contributed by atoms with Crippen LogP contribution in [-0.4, -0.2) is 58.5 Å². The van der Waals surface area contributed by atoms with Gasteiger partial charge in [-0.25, -0.2) is 4.98 Å². The number of aromatic amines is 1. The number of benzene rings is 2. The standard InChI is InChI=1S/C21H24N4O2/c1-2-27-17-9-7-16(8-10-17)21(26)25-13-11-24(12-14-25)15-20-22-18-5-3-4-6-19(18)23-20/h3-10H,2,11-15H2,1H3,(H,22,23). The Morgan fingerprint density at radius 2 is 1.81 bits per heavy atom. The number of fused-ring (bicyclic) bond motifs is 1. The maximum atomic E-state index is 12.7. The molecule has 0 radical (unpaired) electrons. The minimum absolute atomic E-state index is 0.0847. The topological polar surface area (TPSA) is 61.5 Å².